The molecule has 0 bridgehead atoms. The Labute approximate surface area is 144 Å². The molecule has 2 aromatic rings. The molecule has 6 heteroatoms. The van der Waals surface area contributed by atoms with Gasteiger partial charge in [0.05, 0.1) is 15.6 Å². The fraction of sp³-hybridized carbons (Fsp3) is 0.294. The summed E-state index contributed by atoms with van der Waals surface area (Å²) in [6, 6.07) is 6.90. The lowest BCUT2D eigenvalue weighted by Gasteiger charge is -2.09. The SMILES string of the molecule is CCC(=O)Nc1ccc(Cl)c(NC(=O)c2cc(C)c(CC)s2)c1. The Kier molecular flexibility index (Phi) is 5.80. The lowest BCUT2D eigenvalue weighted by Crippen LogP contribution is -2.12. The molecule has 0 saturated carbocycles. The minimum absolute atomic E-state index is 0.0916. The number of hydrogen-bond donors (Lipinski definition) is 2. The summed E-state index contributed by atoms with van der Waals surface area (Å²) in [6.45, 7) is 5.84. The zero-order valence-corrected chi connectivity index (χ0v) is 14.9. The number of thiophene rings is 1. The van der Waals surface area contributed by atoms with Crippen molar-refractivity contribution in [3.63, 3.8) is 0 Å². The van der Waals surface area contributed by atoms with E-state index in [1.54, 1.807) is 25.1 Å². The number of amides is 2. The second-order valence-corrected chi connectivity index (χ2v) is 6.66. The Morgan fingerprint density at radius 3 is 2.52 bits per heavy atom. The van der Waals surface area contributed by atoms with E-state index in [2.05, 4.69) is 17.6 Å². The summed E-state index contributed by atoms with van der Waals surface area (Å²) in [7, 11) is 0. The van der Waals surface area contributed by atoms with Crippen molar-refractivity contribution in [2.45, 2.75) is 33.6 Å². The van der Waals surface area contributed by atoms with Crippen LogP contribution >= 0.6 is 22.9 Å². The maximum absolute atomic E-state index is 12.4. The molecule has 4 nitrogen and oxygen atoms in total. The smallest absolute Gasteiger partial charge is 0.265 e. The van der Waals surface area contributed by atoms with E-state index >= 15 is 0 Å². The molecular weight excluding hydrogens is 332 g/mol. The first-order valence-corrected chi connectivity index (χ1v) is 8.64. The van der Waals surface area contributed by atoms with Gasteiger partial charge in [0.25, 0.3) is 5.91 Å². The molecule has 0 atom stereocenters. The van der Waals surface area contributed by atoms with Gasteiger partial charge in [-0.15, -0.1) is 11.3 Å². The molecule has 0 aliphatic carbocycles. The van der Waals surface area contributed by atoms with Crippen LogP contribution in [0.3, 0.4) is 0 Å². The maximum Gasteiger partial charge on any atom is 0.265 e. The number of aryl methyl sites for hydroxylation is 2. The molecule has 122 valence electrons. The van der Waals surface area contributed by atoms with Gasteiger partial charge < -0.3 is 10.6 Å². The molecule has 0 aliphatic rings. The lowest BCUT2D eigenvalue weighted by molar-refractivity contribution is -0.115. The van der Waals surface area contributed by atoms with E-state index in [0.717, 1.165) is 12.0 Å². The van der Waals surface area contributed by atoms with Crippen LogP contribution in [0.4, 0.5) is 11.4 Å². The minimum Gasteiger partial charge on any atom is -0.326 e. The lowest BCUT2D eigenvalue weighted by atomic mass is 10.2. The second-order valence-electron chi connectivity index (χ2n) is 5.12. The van der Waals surface area contributed by atoms with E-state index in [4.69, 9.17) is 11.6 Å². The molecular formula is C17H19ClN2O2S. The van der Waals surface area contributed by atoms with Crippen molar-refractivity contribution in [3.05, 3.63) is 44.6 Å². The summed E-state index contributed by atoms with van der Waals surface area (Å²) in [5.74, 6) is -0.287. The van der Waals surface area contributed by atoms with E-state index < -0.39 is 0 Å². The molecule has 0 radical (unpaired) electrons. The molecule has 0 unspecified atom stereocenters. The quantitative estimate of drug-likeness (QED) is 0.807. The van der Waals surface area contributed by atoms with Crippen LogP contribution in [0.1, 0.15) is 40.4 Å². The zero-order valence-electron chi connectivity index (χ0n) is 13.3. The molecule has 2 amide bonds. The summed E-state index contributed by atoms with van der Waals surface area (Å²) in [5, 5.41) is 5.99. The summed E-state index contributed by atoms with van der Waals surface area (Å²) in [6.07, 6.45) is 1.29. The van der Waals surface area contributed by atoms with Crippen molar-refractivity contribution in [1.29, 1.82) is 0 Å². The fourth-order valence-corrected chi connectivity index (χ4v) is 3.29. The van der Waals surface area contributed by atoms with Crippen molar-refractivity contribution in [1.82, 2.24) is 0 Å². The Balaban J connectivity index is 2.19. The predicted octanol–water partition coefficient (Wildman–Crippen LogP) is 4.87. The zero-order chi connectivity index (χ0) is 17.0. The van der Waals surface area contributed by atoms with Crippen LogP contribution in [0.25, 0.3) is 0 Å². The van der Waals surface area contributed by atoms with Crippen LogP contribution in [0.15, 0.2) is 24.3 Å². The number of halogens is 1. The number of carbonyl (C=O) groups is 2. The minimum atomic E-state index is -0.196. The Hall–Kier alpha value is -1.85. The van der Waals surface area contributed by atoms with Gasteiger partial charge in [0, 0.05) is 17.0 Å². The molecule has 0 aliphatic heterocycles. The molecule has 1 heterocycles. The van der Waals surface area contributed by atoms with Gasteiger partial charge in [-0.25, -0.2) is 0 Å². The summed E-state index contributed by atoms with van der Waals surface area (Å²) >= 11 is 7.62. The monoisotopic (exact) mass is 350 g/mol. The number of carbonyl (C=O) groups excluding carboxylic acids is 2. The first-order valence-electron chi connectivity index (χ1n) is 7.44. The van der Waals surface area contributed by atoms with Gasteiger partial charge in [-0.1, -0.05) is 25.4 Å². The van der Waals surface area contributed by atoms with Crippen molar-refractivity contribution >= 4 is 46.1 Å². The molecule has 0 saturated heterocycles. The molecule has 23 heavy (non-hydrogen) atoms. The summed E-state index contributed by atoms with van der Waals surface area (Å²) < 4.78 is 0. The Morgan fingerprint density at radius 1 is 1.17 bits per heavy atom. The van der Waals surface area contributed by atoms with E-state index in [0.29, 0.717) is 27.7 Å². The van der Waals surface area contributed by atoms with Crippen molar-refractivity contribution in [3.8, 4) is 0 Å². The molecule has 1 aromatic heterocycles. The highest BCUT2D eigenvalue weighted by Gasteiger charge is 2.14. The Morgan fingerprint density at radius 2 is 1.91 bits per heavy atom. The largest absolute Gasteiger partial charge is 0.326 e. The van der Waals surface area contributed by atoms with Gasteiger partial charge >= 0.3 is 0 Å². The number of benzene rings is 1. The summed E-state index contributed by atoms with van der Waals surface area (Å²) in [5.41, 5.74) is 2.21. The first-order chi connectivity index (χ1) is 10.9. The number of rotatable bonds is 5. The average molecular weight is 351 g/mol. The van der Waals surface area contributed by atoms with E-state index in [1.807, 2.05) is 13.0 Å². The highest BCUT2D eigenvalue weighted by molar-refractivity contribution is 7.14. The van der Waals surface area contributed by atoms with Gasteiger partial charge in [-0.3, -0.25) is 9.59 Å². The van der Waals surface area contributed by atoms with E-state index in [-0.39, 0.29) is 11.8 Å². The van der Waals surface area contributed by atoms with Gasteiger partial charge in [0.15, 0.2) is 0 Å². The van der Waals surface area contributed by atoms with Gasteiger partial charge in [0.2, 0.25) is 5.91 Å². The molecule has 2 N–H and O–H groups in total. The molecule has 1 aromatic carbocycles. The normalized spacial score (nSPS) is 10.4. The summed E-state index contributed by atoms with van der Waals surface area (Å²) in [4.78, 5) is 25.7. The Bertz CT molecular complexity index is 740. The number of nitrogens with one attached hydrogen (secondary N) is 2. The average Bonchev–Trinajstić information content (AvgIpc) is 2.91. The maximum atomic E-state index is 12.4. The van der Waals surface area contributed by atoms with Gasteiger partial charge in [0.1, 0.15) is 0 Å². The van der Waals surface area contributed by atoms with Crippen LogP contribution in [-0.4, -0.2) is 11.8 Å². The number of hydrogen-bond acceptors (Lipinski definition) is 3. The topological polar surface area (TPSA) is 58.2 Å². The second kappa shape index (κ2) is 7.62. The highest BCUT2D eigenvalue weighted by atomic mass is 35.5. The third kappa shape index (κ3) is 4.33. The van der Waals surface area contributed by atoms with Crippen LogP contribution in [0.5, 0.6) is 0 Å². The predicted molar refractivity (Wildman–Crippen MR) is 96.8 cm³/mol. The third-order valence-electron chi connectivity index (χ3n) is 3.38. The van der Waals surface area contributed by atoms with Crippen LogP contribution < -0.4 is 10.6 Å². The fourth-order valence-electron chi connectivity index (χ4n) is 2.11. The van der Waals surface area contributed by atoms with Crippen LogP contribution in [0, 0.1) is 6.92 Å². The van der Waals surface area contributed by atoms with E-state index in [9.17, 15) is 9.59 Å². The molecule has 0 spiro atoms. The van der Waals surface area contributed by atoms with Gasteiger partial charge in [-0.2, -0.15) is 0 Å². The number of anilines is 2. The van der Waals surface area contributed by atoms with E-state index in [1.165, 1.54) is 16.2 Å². The van der Waals surface area contributed by atoms with Crippen LogP contribution in [-0.2, 0) is 11.2 Å². The third-order valence-corrected chi connectivity index (χ3v) is 5.09. The molecule has 0 fully saturated rings. The molecule has 2 rings (SSSR count). The van der Waals surface area contributed by atoms with Crippen LogP contribution in [0.2, 0.25) is 5.02 Å². The van der Waals surface area contributed by atoms with Crippen molar-refractivity contribution < 1.29 is 9.59 Å². The standard InChI is InChI=1S/C17H19ClN2O2S/c1-4-14-10(3)8-15(23-14)17(22)20-13-9-11(6-7-12(13)18)19-16(21)5-2/h6-9H,4-5H2,1-3H3,(H,19,21)(H,20,22). The van der Waals surface area contributed by atoms with Gasteiger partial charge in [-0.05, 0) is 43.2 Å². The van der Waals surface area contributed by atoms with Crippen molar-refractivity contribution in [2.24, 2.45) is 0 Å². The first kappa shape index (κ1) is 17.5. The van der Waals surface area contributed by atoms with Crippen molar-refractivity contribution in [2.75, 3.05) is 10.6 Å². The highest BCUT2D eigenvalue weighted by Crippen LogP contribution is 2.28.